The normalized spacial score (nSPS) is 10.6. The average molecular weight is 321 g/mol. The van der Waals surface area contributed by atoms with Crippen LogP contribution in [0.5, 0.6) is 0 Å². The zero-order chi connectivity index (χ0) is 17.1. The van der Waals surface area contributed by atoms with Gasteiger partial charge in [0.05, 0.1) is 6.42 Å². The molecule has 24 heavy (non-hydrogen) atoms. The number of para-hydroxylation sites is 1. The molecule has 0 saturated heterocycles. The van der Waals surface area contributed by atoms with Crippen LogP contribution in [0.1, 0.15) is 21.5 Å². The van der Waals surface area contributed by atoms with Crippen molar-refractivity contribution < 1.29 is 9.59 Å². The summed E-state index contributed by atoms with van der Waals surface area (Å²) in [5, 5.41) is 6.53. The monoisotopic (exact) mass is 321 g/mol. The molecule has 3 aromatic rings. The van der Waals surface area contributed by atoms with E-state index >= 15 is 0 Å². The first-order valence-corrected chi connectivity index (χ1v) is 7.76. The molecule has 0 bridgehead atoms. The number of aromatic amines is 1. The molecule has 5 nitrogen and oxygen atoms in total. The molecule has 0 aliphatic rings. The minimum absolute atomic E-state index is 0.114. The maximum atomic E-state index is 12.4. The maximum absolute atomic E-state index is 12.4. The number of hydrogen-bond donors (Lipinski definition) is 3. The Kier molecular flexibility index (Phi) is 4.33. The third kappa shape index (κ3) is 3.15. The first kappa shape index (κ1) is 15.8. The molecule has 0 fully saturated rings. The number of carbonyl (C=O) groups is 2. The van der Waals surface area contributed by atoms with E-state index in [4.69, 9.17) is 0 Å². The van der Waals surface area contributed by atoms with Gasteiger partial charge in [-0.1, -0.05) is 24.3 Å². The number of hydrogen-bond acceptors (Lipinski definition) is 2. The second-order valence-electron chi connectivity index (χ2n) is 5.69. The van der Waals surface area contributed by atoms with Crippen molar-refractivity contribution in [3.63, 3.8) is 0 Å². The van der Waals surface area contributed by atoms with Crippen molar-refractivity contribution >= 4 is 28.4 Å². The van der Waals surface area contributed by atoms with Gasteiger partial charge >= 0.3 is 0 Å². The van der Waals surface area contributed by atoms with Crippen LogP contribution in [0.25, 0.3) is 10.9 Å². The van der Waals surface area contributed by atoms with Gasteiger partial charge in [0.1, 0.15) is 0 Å². The molecule has 3 rings (SSSR count). The summed E-state index contributed by atoms with van der Waals surface area (Å²) < 4.78 is 0. The molecule has 0 atom stereocenters. The smallest absolute Gasteiger partial charge is 0.251 e. The van der Waals surface area contributed by atoms with Crippen molar-refractivity contribution in [3.05, 3.63) is 65.4 Å². The fraction of sp³-hybridized carbons (Fsp3) is 0.158. The Morgan fingerprint density at radius 2 is 1.92 bits per heavy atom. The Balaban J connectivity index is 1.78. The van der Waals surface area contributed by atoms with Crippen LogP contribution in [0.2, 0.25) is 0 Å². The second-order valence-corrected chi connectivity index (χ2v) is 5.69. The lowest BCUT2D eigenvalue weighted by Crippen LogP contribution is -2.19. The molecular formula is C19H19N3O2. The summed E-state index contributed by atoms with van der Waals surface area (Å²) in [7, 11) is 1.58. The van der Waals surface area contributed by atoms with Gasteiger partial charge < -0.3 is 15.6 Å². The minimum Gasteiger partial charge on any atom is -0.361 e. The third-order valence-corrected chi connectivity index (χ3v) is 4.03. The highest BCUT2D eigenvalue weighted by molar-refractivity contribution is 5.99. The van der Waals surface area contributed by atoms with Crippen molar-refractivity contribution in [2.45, 2.75) is 13.3 Å². The van der Waals surface area contributed by atoms with Crippen LogP contribution < -0.4 is 10.6 Å². The van der Waals surface area contributed by atoms with Gasteiger partial charge in [0, 0.05) is 35.4 Å². The van der Waals surface area contributed by atoms with Gasteiger partial charge in [-0.2, -0.15) is 0 Å². The summed E-state index contributed by atoms with van der Waals surface area (Å²) in [5.74, 6) is -0.293. The predicted molar refractivity (Wildman–Crippen MR) is 95.2 cm³/mol. The van der Waals surface area contributed by atoms with E-state index in [1.54, 1.807) is 19.2 Å². The van der Waals surface area contributed by atoms with E-state index in [-0.39, 0.29) is 18.2 Å². The topological polar surface area (TPSA) is 74.0 Å². The Labute approximate surface area is 140 Å². The van der Waals surface area contributed by atoms with Crippen LogP contribution in [-0.4, -0.2) is 23.8 Å². The van der Waals surface area contributed by atoms with E-state index in [0.717, 1.165) is 22.0 Å². The van der Waals surface area contributed by atoms with Crippen molar-refractivity contribution in [2.24, 2.45) is 0 Å². The fourth-order valence-electron chi connectivity index (χ4n) is 2.69. The zero-order valence-corrected chi connectivity index (χ0v) is 13.6. The average Bonchev–Trinajstić information content (AvgIpc) is 2.99. The number of H-pyrrole nitrogens is 1. The number of aryl methyl sites for hydroxylation is 1. The van der Waals surface area contributed by atoms with Crippen LogP contribution >= 0.6 is 0 Å². The fourth-order valence-corrected chi connectivity index (χ4v) is 2.69. The Bertz CT molecular complexity index is 912. The van der Waals surface area contributed by atoms with E-state index in [2.05, 4.69) is 15.6 Å². The van der Waals surface area contributed by atoms with Gasteiger partial charge in [-0.25, -0.2) is 0 Å². The summed E-state index contributed by atoms with van der Waals surface area (Å²) in [4.78, 5) is 27.3. The molecule has 5 heteroatoms. The van der Waals surface area contributed by atoms with Crippen molar-refractivity contribution in [1.29, 1.82) is 0 Å². The second kappa shape index (κ2) is 6.58. The number of carbonyl (C=O) groups excluding carboxylic acids is 2. The largest absolute Gasteiger partial charge is 0.361 e. The molecule has 0 aliphatic heterocycles. The van der Waals surface area contributed by atoms with Gasteiger partial charge in [0.25, 0.3) is 5.91 Å². The lowest BCUT2D eigenvalue weighted by molar-refractivity contribution is -0.115. The molecule has 2 amide bonds. The van der Waals surface area contributed by atoms with E-state index < -0.39 is 0 Å². The Morgan fingerprint density at radius 1 is 1.12 bits per heavy atom. The summed E-state index contributed by atoms with van der Waals surface area (Å²) in [6, 6.07) is 13.1. The quantitative estimate of drug-likeness (QED) is 0.691. The summed E-state index contributed by atoms with van der Waals surface area (Å²) in [6.45, 7) is 1.90. The molecule has 3 N–H and O–H groups in total. The molecule has 122 valence electrons. The van der Waals surface area contributed by atoms with Crippen LogP contribution in [0.4, 0.5) is 5.69 Å². The molecule has 1 aromatic heterocycles. The molecule has 0 unspecified atom stereocenters. The van der Waals surface area contributed by atoms with Crippen molar-refractivity contribution in [2.75, 3.05) is 12.4 Å². The van der Waals surface area contributed by atoms with E-state index in [9.17, 15) is 9.59 Å². The highest BCUT2D eigenvalue weighted by Gasteiger charge is 2.12. The van der Waals surface area contributed by atoms with Crippen LogP contribution in [0.15, 0.2) is 48.7 Å². The first-order chi connectivity index (χ1) is 11.6. The summed E-state index contributed by atoms with van der Waals surface area (Å²) in [5.41, 5.74) is 4.04. The van der Waals surface area contributed by atoms with Crippen LogP contribution in [-0.2, 0) is 11.2 Å². The number of anilines is 1. The lowest BCUT2D eigenvalue weighted by atomic mass is 10.1. The number of fused-ring (bicyclic) bond motifs is 1. The molecule has 0 radical (unpaired) electrons. The Hall–Kier alpha value is -3.08. The van der Waals surface area contributed by atoms with Gasteiger partial charge in [0.15, 0.2) is 0 Å². The maximum Gasteiger partial charge on any atom is 0.251 e. The molecule has 1 heterocycles. The lowest BCUT2D eigenvalue weighted by Gasteiger charge is -2.10. The van der Waals surface area contributed by atoms with Crippen LogP contribution in [0.3, 0.4) is 0 Å². The van der Waals surface area contributed by atoms with Crippen LogP contribution in [0, 0.1) is 6.92 Å². The summed E-state index contributed by atoms with van der Waals surface area (Å²) in [6.07, 6.45) is 2.13. The van der Waals surface area contributed by atoms with Gasteiger partial charge in [0.2, 0.25) is 5.91 Å². The van der Waals surface area contributed by atoms with Crippen molar-refractivity contribution in [1.82, 2.24) is 10.3 Å². The van der Waals surface area contributed by atoms with E-state index in [0.29, 0.717) is 11.3 Å². The molecule has 0 aliphatic carbocycles. The summed E-state index contributed by atoms with van der Waals surface area (Å²) >= 11 is 0. The van der Waals surface area contributed by atoms with E-state index in [1.165, 1.54) is 0 Å². The molecular weight excluding hydrogens is 302 g/mol. The van der Waals surface area contributed by atoms with Gasteiger partial charge in [-0.15, -0.1) is 0 Å². The number of nitrogens with one attached hydrogen (secondary N) is 3. The minimum atomic E-state index is -0.179. The van der Waals surface area contributed by atoms with Gasteiger partial charge in [-0.05, 0) is 36.2 Å². The standard InChI is InChI=1S/C19H19N3O2/c1-12-7-8-13(19(24)20-2)9-17(12)22-18(23)10-14-11-21-16-6-4-3-5-15(14)16/h3-9,11,21H,10H2,1-2H3,(H,20,24)(H,22,23). The number of rotatable bonds is 4. The number of benzene rings is 2. The predicted octanol–water partition coefficient (Wildman–Crippen LogP) is 3.02. The first-order valence-electron chi connectivity index (χ1n) is 7.76. The van der Waals surface area contributed by atoms with Crippen molar-refractivity contribution in [3.8, 4) is 0 Å². The number of amides is 2. The SMILES string of the molecule is CNC(=O)c1ccc(C)c(NC(=O)Cc2c[nH]c3ccccc23)c1. The van der Waals surface area contributed by atoms with E-state index in [1.807, 2.05) is 43.5 Å². The number of aromatic nitrogens is 1. The Morgan fingerprint density at radius 3 is 2.71 bits per heavy atom. The highest BCUT2D eigenvalue weighted by atomic mass is 16.2. The molecule has 2 aromatic carbocycles. The molecule has 0 spiro atoms. The zero-order valence-electron chi connectivity index (χ0n) is 13.6. The highest BCUT2D eigenvalue weighted by Crippen LogP contribution is 2.20. The third-order valence-electron chi connectivity index (χ3n) is 4.03. The van der Waals surface area contributed by atoms with Gasteiger partial charge in [-0.3, -0.25) is 9.59 Å². The molecule has 0 saturated carbocycles.